The number of hydrogen-bond acceptors (Lipinski definition) is 3. The first-order valence-electron chi connectivity index (χ1n) is 7.84. The fraction of sp³-hybridized carbons (Fsp3) is 0.588. The summed E-state index contributed by atoms with van der Waals surface area (Å²) >= 11 is 0. The zero-order valence-electron chi connectivity index (χ0n) is 13.3. The lowest BCUT2D eigenvalue weighted by Gasteiger charge is -2.19. The zero-order chi connectivity index (χ0) is 15.2. The molecule has 1 atom stereocenters. The molecule has 2 rings (SSSR count). The molecule has 1 heterocycles. The lowest BCUT2D eigenvalue weighted by molar-refractivity contribution is -0.129. The molecule has 4 nitrogen and oxygen atoms in total. The van der Waals surface area contributed by atoms with Crippen LogP contribution in [0.25, 0.3) is 0 Å². The Labute approximate surface area is 127 Å². The highest BCUT2D eigenvalue weighted by atomic mass is 16.5. The number of carbonyl (C=O) groups is 1. The first kappa shape index (κ1) is 15.8. The summed E-state index contributed by atoms with van der Waals surface area (Å²) in [7, 11) is 0. The van der Waals surface area contributed by atoms with Crippen LogP contribution in [0.1, 0.15) is 45.2 Å². The van der Waals surface area contributed by atoms with Gasteiger partial charge in [0.25, 0.3) is 0 Å². The Kier molecular flexibility index (Phi) is 5.62. The molecule has 4 heteroatoms. The number of hydrogen-bond donors (Lipinski definition) is 1. The van der Waals surface area contributed by atoms with Gasteiger partial charge in [-0.1, -0.05) is 12.1 Å². The van der Waals surface area contributed by atoms with Crippen LogP contribution >= 0.6 is 0 Å². The highest BCUT2D eigenvalue weighted by Gasteiger charge is 2.18. The van der Waals surface area contributed by atoms with Crippen molar-refractivity contribution in [2.24, 2.45) is 0 Å². The Hall–Kier alpha value is -1.55. The molecule has 1 aromatic carbocycles. The maximum atomic E-state index is 12.0. The van der Waals surface area contributed by atoms with Crippen LogP contribution in [0.2, 0.25) is 0 Å². The van der Waals surface area contributed by atoms with E-state index in [9.17, 15) is 4.79 Å². The minimum Gasteiger partial charge on any atom is -0.491 e. The second kappa shape index (κ2) is 7.46. The molecule has 1 fully saturated rings. The average Bonchev–Trinajstić information content (AvgIpc) is 2.99. The number of nitrogens with zero attached hydrogens (tertiary/aromatic N) is 1. The van der Waals surface area contributed by atoms with E-state index in [1.54, 1.807) is 0 Å². The second-order valence-corrected chi connectivity index (χ2v) is 5.93. The van der Waals surface area contributed by atoms with Gasteiger partial charge in [-0.15, -0.1) is 0 Å². The van der Waals surface area contributed by atoms with Crippen molar-refractivity contribution in [1.29, 1.82) is 0 Å². The molecule has 116 valence electrons. The van der Waals surface area contributed by atoms with E-state index in [2.05, 4.69) is 24.4 Å². The van der Waals surface area contributed by atoms with Crippen LogP contribution in [0.15, 0.2) is 24.3 Å². The topological polar surface area (TPSA) is 41.6 Å². The molecule has 1 aliphatic heterocycles. The van der Waals surface area contributed by atoms with Crippen LogP contribution < -0.4 is 10.1 Å². The molecule has 1 saturated heterocycles. The minimum atomic E-state index is 0.157. The predicted octanol–water partition coefficient (Wildman–Crippen LogP) is 2.75. The van der Waals surface area contributed by atoms with Crippen molar-refractivity contribution in [1.82, 2.24) is 10.2 Å². The first-order chi connectivity index (χ1) is 10.1. The van der Waals surface area contributed by atoms with Crippen LogP contribution in [0.3, 0.4) is 0 Å². The lowest BCUT2D eigenvalue weighted by atomic mass is 10.1. The van der Waals surface area contributed by atoms with Crippen molar-refractivity contribution < 1.29 is 9.53 Å². The molecule has 0 unspecified atom stereocenters. The smallest absolute Gasteiger partial charge is 0.236 e. The molecule has 1 aliphatic rings. The van der Waals surface area contributed by atoms with E-state index in [1.165, 1.54) is 5.56 Å². The van der Waals surface area contributed by atoms with E-state index in [1.807, 2.05) is 30.9 Å². The number of carbonyl (C=O) groups excluding carboxylic acids is 1. The van der Waals surface area contributed by atoms with Crippen molar-refractivity contribution in [3.05, 3.63) is 29.8 Å². The van der Waals surface area contributed by atoms with Gasteiger partial charge in [-0.25, -0.2) is 0 Å². The average molecular weight is 290 g/mol. The molecule has 1 amide bonds. The lowest BCUT2D eigenvalue weighted by Crippen LogP contribution is -2.37. The van der Waals surface area contributed by atoms with Gasteiger partial charge < -0.3 is 15.0 Å². The second-order valence-electron chi connectivity index (χ2n) is 5.93. The molecule has 0 saturated carbocycles. The summed E-state index contributed by atoms with van der Waals surface area (Å²) in [6, 6.07) is 8.22. The monoisotopic (exact) mass is 290 g/mol. The largest absolute Gasteiger partial charge is 0.491 e. The van der Waals surface area contributed by atoms with Gasteiger partial charge in [-0.05, 0) is 51.3 Å². The van der Waals surface area contributed by atoms with Gasteiger partial charge in [-0.3, -0.25) is 4.79 Å². The highest BCUT2D eigenvalue weighted by molar-refractivity contribution is 5.78. The van der Waals surface area contributed by atoms with Crippen molar-refractivity contribution in [3.63, 3.8) is 0 Å². The summed E-state index contributed by atoms with van der Waals surface area (Å²) in [4.78, 5) is 13.9. The van der Waals surface area contributed by atoms with Crippen LogP contribution in [0.4, 0.5) is 0 Å². The summed E-state index contributed by atoms with van der Waals surface area (Å²) in [6.07, 6.45) is 2.46. The summed E-state index contributed by atoms with van der Waals surface area (Å²) in [5, 5.41) is 3.30. The fourth-order valence-electron chi connectivity index (χ4n) is 2.54. The standard InChI is InChI=1S/C17H26N2O2/c1-13(2)21-16-8-6-15(7-9-16)14(3)18-12-17(20)19-10-4-5-11-19/h6-9,13-14,18H,4-5,10-12H2,1-3H3/t14-/m1/s1. The fourth-order valence-corrected chi connectivity index (χ4v) is 2.54. The van der Waals surface area contributed by atoms with E-state index in [0.717, 1.165) is 31.7 Å². The number of ether oxygens (including phenoxy) is 1. The third-order valence-corrected chi connectivity index (χ3v) is 3.77. The van der Waals surface area contributed by atoms with Gasteiger partial charge in [0.1, 0.15) is 5.75 Å². The van der Waals surface area contributed by atoms with Crippen molar-refractivity contribution >= 4 is 5.91 Å². The Morgan fingerprint density at radius 1 is 1.19 bits per heavy atom. The maximum absolute atomic E-state index is 12.0. The SMILES string of the molecule is CC(C)Oc1ccc([C@@H](C)NCC(=O)N2CCCC2)cc1. The molecule has 0 radical (unpaired) electrons. The molecular weight excluding hydrogens is 264 g/mol. The Bertz CT molecular complexity index is 450. The van der Waals surface area contributed by atoms with Crippen LogP contribution in [0, 0.1) is 0 Å². The number of rotatable bonds is 6. The molecule has 1 N–H and O–H groups in total. The van der Waals surface area contributed by atoms with Gasteiger partial charge in [-0.2, -0.15) is 0 Å². The van der Waals surface area contributed by atoms with Gasteiger partial charge in [0.15, 0.2) is 0 Å². The number of likely N-dealkylation sites (tertiary alicyclic amines) is 1. The third kappa shape index (κ3) is 4.74. The predicted molar refractivity (Wildman–Crippen MR) is 84.4 cm³/mol. The molecule has 0 spiro atoms. The van der Waals surface area contributed by atoms with E-state index >= 15 is 0 Å². The van der Waals surface area contributed by atoms with E-state index in [-0.39, 0.29) is 18.1 Å². The molecule has 1 aromatic rings. The quantitative estimate of drug-likeness (QED) is 0.876. The van der Waals surface area contributed by atoms with E-state index in [4.69, 9.17) is 4.74 Å². The molecule has 0 aliphatic carbocycles. The number of benzene rings is 1. The number of amides is 1. The zero-order valence-corrected chi connectivity index (χ0v) is 13.3. The van der Waals surface area contributed by atoms with Crippen LogP contribution in [-0.4, -0.2) is 36.5 Å². The van der Waals surface area contributed by atoms with Gasteiger partial charge in [0, 0.05) is 19.1 Å². The highest BCUT2D eigenvalue weighted by Crippen LogP contribution is 2.18. The molecule has 0 aromatic heterocycles. The Morgan fingerprint density at radius 3 is 2.38 bits per heavy atom. The van der Waals surface area contributed by atoms with E-state index < -0.39 is 0 Å². The van der Waals surface area contributed by atoms with Crippen molar-refractivity contribution in [2.75, 3.05) is 19.6 Å². The molecular formula is C17H26N2O2. The normalized spacial score (nSPS) is 16.3. The number of nitrogens with one attached hydrogen (secondary N) is 1. The maximum Gasteiger partial charge on any atom is 0.236 e. The summed E-state index contributed by atoms with van der Waals surface area (Å²) in [5.74, 6) is 1.09. The molecule has 0 bridgehead atoms. The summed E-state index contributed by atoms with van der Waals surface area (Å²) < 4.78 is 5.63. The van der Waals surface area contributed by atoms with E-state index in [0.29, 0.717) is 6.54 Å². The minimum absolute atomic E-state index is 0.157. The Balaban J connectivity index is 1.82. The third-order valence-electron chi connectivity index (χ3n) is 3.77. The van der Waals surface area contributed by atoms with Crippen molar-refractivity contribution in [3.8, 4) is 5.75 Å². The van der Waals surface area contributed by atoms with Crippen LogP contribution in [0.5, 0.6) is 5.75 Å². The van der Waals surface area contributed by atoms with Crippen molar-refractivity contribution in [2.45, 2.75) is 45.8 Å². The molecule has 21 heavy (non-hydrogen) atoms. The first-order valence-corrected chi connectivity index (χ1v) is 7.84. The van der Waals surface area contributed by atoms with Gasteiger partial charge >= 0.3 is 0 Å². The van der Waals surface area contributed by atoms with Gasteiger partial charge in [0.2, 0.25) is 5.91 Å². The Morgan fingerprint density at radius 2 is 1.81 bits per heavy atom. The summed E-state index contributed by atoms with van der Waals surface area (Å²) in [6.45, 7) is 8.34. The summed E-state index contributed by atoms with van der Waals surface area (Å²) in [5.41, 5.74) is 1.17. The van der Waals surface area contributed by atoms with Gasteiger partial charge in [0.05, 0.1) is 12.6 Å². The van der Waals surface area contributed by atoms with Crippen LogP contribution in [-0.2, 0) is 4.79 Å².